The number of rotatable bonds is 2. The minimum atomic E-state index is -0.738. The first-order valence-electron chi connectivity index (χ1n) is 3.83. The minimum Gasteiger partial charge on any atom is -0.480 e. The maximum atomic E-state index is 10.3. The molecule has 2 aliphatic rings. The highest BCUT2D eigenvalue weighted by molar-refractivity contribution is 5.69. The highest BCUT2D eigenvalue weighted by Gasteiger charge is 2.39. The van der Waals surface area contributed by atoms with Gasteiger partial charge in [-0.3, -0.25) is 9.69 Å². The molecule has 2 fully saturated rings. The quantitative estimate of drug-likeness (QED) is 0.589. The third-order valence-corrected chi connectivity index (χ3v) is 2.35. The van der Waals surface area contributed by atoms with Crippen molar-refractivity contribution < 1.29 is 14.6 Å². The van der Waals surface area contributed by atoms with E-state index >= 15 is 0 Å². The first-order valence-corrected chi connectivity index (χ1v) is 3.83. The molecule has 2 rings (SSSR count). The molecule has 4 nitrogen and oxygen atoms in total. The van der Waals surface area contributed by atoms with Crippen molar-refractivity contribution in [3.05, 3.63) is 0 Å². The molecule has 11 heavy (non-hydrogen) atoms. The van der Waals surface area contributed by atoms with Gasteiger partial charge in [-0.25, -0.2) is 0 Å². The Morgan fingerprint density at radius 2 is 2.55 bits per heavy atom. The van der Waals surface area contributed by atoms with E-state index in [2.05, 4.69) is 0 Å². The number of ether oxygens (including phenoxy) is 1. The van der Waals surface area contributed by atoms with E-state index in [4.69, 9.17) is 9.84 Å². The van der Waals surface area contributed by atoms with Crippen molar-refractivity contribution >= 4 is 5.97 Å². The maximum absolute atomic E-state index is 10.3. The molecule has 0 spiro atoms. The summed E-state index contributed by atoms with van der Waals surface area (Å²) in [5, 5.41) is 8.52. The van der Waals surface area contributed by atoms with Crippen LogP contribution < -0.4 is 0 Å². The number of carboxylic acid groups (broad SMARTS) is 1. The van der Waals surface area contributed by atoms with Gasteiger partial charge in [0.05, 0.1) is 19.3 Å². The Labute approximate surface area is 64.7 Å². The van der Waals surface area contributed by atoms with Crippen molar-refractivity contribution in [2.45, 2.75) is 18.6 Å². The lowest BCUT2D eigenvalue weighted by molar-refractivity contribution is -0.139. The highest BCUT2D eigenvalue weighted by Crippen LogP contribution is 2.26. The van der Waals surface area contributed by atoms with Gasteiger partial charge in [-0.2, -0.15) is 0 Å². The molecule has 2 atom stereocenters. The Bertz CT molecular complexity index is 183. The van der Waals surface area contributed by atoms with Crippen LogP contribution in [0.15, 0.2) is 0 Å². The monoisotopic (exact) mass is 157 g/mol. The summed E-state index contributed by atoms with van der Waals surface area (Å²) in [6, 6.07) is 0.371. The van der Waals surface area contributed by atoms with Gasteiger partial charge in [0.1, 0.15) is 0 Å². The third kappa shape index (κ3) is 1.23. The van der Waals surface area contributed by atoms with Crippen LogP contribution >= 0.6 is 0 Å². The molecule has 0 aromatic rings. The van der Waals surface area contributed by atoms with E-state index < -0.39 is 5.97 Å². The SMILES string of the molecule is O=C(O)CN1C[C@@H]2C[C@H]1CO2. The van der Waals surface area contributed by atoms with E-state index in [1.807, 2.05) is 4.90 Å². The number of carboxylic acids is 1. The Kier molecular flexibility index (Phi) is 1.58. The van der Waals surface area contributed by atoms with Crippen molar-refractivity contribution in [2.24, 2.45) is 0 Å². The lowest BCUT2D eigenvalue weighted by Crippen LogP contribution is -2.40. The first-order chi connectivity index (χ1) is 5.25. The Morgan fingerprint density at radius 3 is 3.00 bits per heavy atom. The molecular weight excluding hydrogens is 146 g/mol. The van der Waals surface area contributed by atoms with Crippen LogP contribution in [0.4, 0.5) is 0 Å². The standard InChI is InChI=1S/C7H11NO3/c9-7(10)3-8-2-6-1-5(8)4-11-6/h5-6H,1-4H2,(H,9,10)/t5-,6-/m0/s1. The molecule has 0 amide bonds. The van der Waals surface area contributed by atoms with E-state index in [1.54, 1.807) is 0 Å². The van der Waals surface area contributed by atoms with Crippen LogP contribution in [0, 0.1) is 0 Å². The van der Waals surface area contributed by atoms with E-state index in [-0.39, 0.29) is 6.54 Å². The van der Waals surface area contributed by atoms with E-state index in [9.17, 15) is 4.79 Å². The van der Waals surface area contributed by atoms with Crippen LogP contribution in [-0.2, 0) is 9.53 Å². The summed E-state index contributed by atoms with van der Waals surface area (Å²) in [4.78, 5) is 12.3. The van der Waals surface area contributed by atoms with Crippen molar-refractivity contribution in [1.29, 1.82) is 0 Å². The van der Waals surface area contributed by atoms with Crippen LogP contribution in [0.5, 0.6) is 0 Å². The van der Waals surface area contributed by atoms with Gasteiger partial charge < -0.3 is 9.84 Å². The van der Waals surface area contributed by atoms with Crippen LogP contribution in [-0.4, -0.2) is 47.8 Å². The smallest absolute Gasteiger partial charge is 0.317 e. The predicted molar refractivity (Wildman–Crippen MR) is 37.4 cm³/mol. The topological polar surface area (TPSA) is 49.8 Å². The second-order valence-electron chi connectivity index (χ2n) is 3.17. The highest BCUT2D eigenvalue weighted by atomic mass is 16.5. The van der Waals surface area contributed by atoms with E-state index in [0.29, 0.717) is 12.1 Å². The van der Waals surface area contributed by atoms with E-state index in [0.717, 1.165) is 19.6 Å². The Balaban J connectivity index is 1.92. The summed E-state index contributed by atoms with van der Waals surface area (Å²) in [5.74, 6) is -0.738. The van der Waals surface area contributed by atoms with Crippen LogP contribution in [0.2, 0.25) is 0 Å². The second kappa shape index (κ2) is 2.46. The molecule has 0 aromatic heterocycles. The van der Waals surface area contributed by atoms with Gasteiger partial charge in [0.25, 0.3) is 0 Å². The largest absolute Gasteiger partial charge is 0.480 e. The van der Waals surface area contributed by atoms with Crippen LogP contribution in [0.1, 0.15) is 6.42 Å². The summed E-state index contributed by atoms with van der Waals surface area (Å²) in [6.07, 6.45) is 1.33. The number of nitrogens with zero attached hydrogens (tertiary/aromatic N) is 1. The van der Waals surface area contributed by atoms with Gasteiger partial charge in [0, 0.05) is 12.6 Å². The molecule has 62 valence electrons. The maximum Gasteiger partial charge on any atom is 0.317 e. The molecule has 0 aliphatic carbocycles. The van der Waals surface area contributed by atoms with Crippen molar-refractivity contribution in [1.82, 2.24) is 4.90 Å². The fourth-order valence-corrected chi connectivity index (χ4v) is 1.85. The summed E-state index contributed by atoms with van der Waals surface area (Å²) in [5.41, 5.74) is 0. The normalized spacial score (nSPS) is 36.4. The third-order valence-electron chi connectivity index (χ3n) is 2.35. The molecule has 2 aliphatic heterocycles. The average Bonchev–Trinajstić information content (AvgIpc) is 2.45. The lowest BCUT2D eigenvalue weighted by Gasteiger charge is -2.24. The average molecular weight is 157 g/mol. The number of likely N-dealkylation sites (tertiary alicyclic amines) is 1. The summed E-state index contributed by atoms with van der Waals surface area (Å²) in [6.45, 7) is 1.69. The molecule has 0 radical (unpaired) electrons. The zero-order valence-electron chi connectivity index (χ0n) is 6.19. The number of fused-ring (bicyclic) bond motifs is 2. The fourth-order valence-electron chi connectivity index (χ4n) is 1.85. The molecule has 0 saturated carbocycles. The molecule has 2 saturated heterocycles. The van der Waals surface area contributed by atoms with Gasteiger partial charge in [-0.05, 0) is 6.42 Å². The summed E-state index contributed by atoms with van der Waals surface area (Å²) in [7, 11) is 0. The van der Waals surface area contributed by atoms with Crippen molar-refractivity contribution in [3.8, 4) is 0 Å². The predicted octanol–water partition coefficient (Wildman–Crippen LogP) is -0.456. The van der Waals surface area contributed by atoms with Gasteiger partial charge in [0.2, 0.25) is 0 Å². The summed E-state index contributed by atoms with van der Waals surface area (Å²) < 4.78 is 5.33. The van der Waals surface area contributed by atoms with Gasteiger partial charge in [-0.1, -0.05) is 0 Å². The molecular formula is C7H11NO3. The Morgan fingerprint density at radius 1 is 1.73 bits per heavy atom. The van der Waals surface area contributed by atoms with Gasteiger partial charge in [0.15, 0.2) is 0 Å². The van der Waals surface area contributed by atoms with Gasteiger partial charge >= 0.3 is 5.97 Å². The van der Waals surface area contributed by atoms with Gasteiger partial charge in [-0.15, -0.1) is 0 Å². The molecule has 2 bridgehead atoms. The summed E-state index contributed by atoms with van der Waals surface area (Å²) >= 11 is 0. The molecule has 2 heterocycles. The number of hydrogen-bond acceptors (Lipinski definition) is 3. The van der Waals surface area contributed by atoms with Crippen LogP contribution in [0.25, 0.3) is 0 Å². The van der Waals surface area contributed by atoms with Crippen LogP contribution in [0.3, 0.4) is 0 Å². The molecule has 0 unspecified atom stereocenters. The lowest BCUT2D eigenvalue weighted by atomic mass is 10.2. The number of hydrogen-bond donors (Lipinski definition) is 1. The molecule has 0 aromatic carbocycles. The number of morpholine rings is 1. The zero-order chi connectivity index (χ0) is 7.84. The van der Waals surface area contributed by atoms with E-state index in [1.165, 1.54) is 0 Å². The molecule has 4 heteroatoms. The molecule has 1 N–H and O–H groups in total. The first kappa shape index (κ1) is 7.06. The van der Waals surface area contributed by atoms with Crippen molar-refractivity contribution in [3.63, 3.8) is 0 Å². The zero-order valence-corrected chi connectivity index (χ0v) is 6.19. The minimum absolute atomic E-state index is 0.171. The van der Waals surface area contributed by atoms with Crippen molar-refractivity contribution in [2.75, 3.05) is 19.7 Å². The fraction of sp³-hybridized carbons (Fsp3) is 0.857. The number of aliphatic carboxylic acids is 1. The second-order valence-corrected chi connectivity index (χ2v) is 3.17. The number of carbonyl (C=O) groups is 1. The Hall–Kier alpha value is -0.610.